The van der Waals surface area contributed by atoms with Gasteiger partial charge in [-0.1, -0.05) is 18.2 Å². The molecule has 6 rings (SSSR count). The molecule has 4 saturated carbocycles. The van der Waals surface area contributed by atoms with E-state index >= 15 is 0 Å². The van der Waals surface area contributed by atoms with Crippen LogP contribution in [-0.4, -0.2) is 21.8 Å². The third kappa shape index (κ3) is 3.17. The summed E-state index contributed by atoms with van der Waals surface area (Å²) in [5.74, 6) is 2.71. The van der Waals surface area contributed by atoms with Crippen molar-refractivity contribution in [2.45, 2.75) is 70.4 Å². The molecule has 4 nitrogen and oxygen atoms in total. The molecule has 0 unspecified atom stereocenters. The first-order chi connectivity index (χ1) is 13.5. The van der Waals surface area contributed by atoms with Crippen molar-refractivity contribution in [1.29, 1.82) is 0 Å². The Morgan fingerprint density at radius 3 is 2.36 bits per heavy atom. The predicted molar refractivity (Wildman–Crippen MR) is 110 cm³/mol. The molecule has 0 spiro atoms. The molecule has 1 heterocycles. The van der Waals surface area contributed by atoms with Gasteiger partial charge in [-0.15, -0.1) is 0 Å². The van der Waals surface area contributed by atoms with Crippen molar-refractivity contribution in [2.24, 2.45) is 17.8 Å². The fourth-order valence-electron chi connectivity index (χ4n) is 6.69. The average Bonchev–Trinajstić information content (AvgIpc) is 2.99. The summed E-state index contributed by atoms with van der Waals surface area (Å²) in [7, 11) is 0. The van der Waals surface area contributed by atoms with Crippen LogP contribution in [-0.2, 0) is 11.3 Å². The number of nitrogens with zero attached hydrogens (tertiary/aromatic N) is 1. The second-order valence-corrected chi connectivity index (χ2v) is 9.70. The number of para-hydroxylation sites is 1. The second kappa shape index (κ2) is 6.75. The van der Waals surface area contributed by atoms with Crippen LogP contribution >= 0.6 is 0 Å². The molecule has 0 aliphatic heterocycles. The van der Waals surface area contributed by atoms with Crippen LogP contribution < -0.4 is 5.32 Å². The van der Waals surface area contributed by atoms with Crippen molar-refractivity contribution >= 4 is 22.6 Å². The normalized spacial score (nSPS) is 30.7. The molecule has 4 bridgehead atoms. The number of ketones is 1. The number of hydrogen-bond acceptors (Lipinski definition) is 2. The molecule has 0 saturated heterocycles. The number of benzene rings is 1. The summed E-state index contributed by atoms with van der Waals surface area (Å²) in [5.41, 5.74) is 1.86. The molecule has 28 heavy (non-hydrogen) atoms. The third-order valence-corrected chi connectivity index (χ3v) is 7.37. The lowest BCUT2D eigenvalue weighted by atomic mass is 9.53. The van der Waals surface area contributed by atoms with Crippen molar-refractivity contribution in [3.63, 3.8) is 0 Å². The number of nitrogens with one attached hydrogen (secondary N) is 1. The number of carbonyl (C=O) groups excluding carboxylic acids is 2. The maximum atomic E-state index is 13.4. The topological polar surface area (TPSA) is 51.1 Å². The molecular weight excluding hydrogens is 348 g/mol. The SMILES string of the molecule is CC(=O)CCCn1c(C(=O)NC23CC4CC(CC(C4)C2)C3)cc2ccccc21. The predicted octanol–water partition coefficient (Wildman–Crippen LogP) is 4.71. The van der Waals surface area contributed by atoms with E-state index in [2.05, 4.69) is 22.0 Å². The van der Waals surface area contributed by atoms with Crippen LogP contribution in [0, 0.1) is 17.8 Å². The third-order valence-electron chi connectivity index (χ3n) is 7.37. The van der Waals surface area contributed by atoms with E-state index in [1.807, 2.05) is 18.2 Å². The molecule has 1 aromatic heterocycles. The molecule has 4 aliphatic carbocycles. The summed E-state index contributed by atoms with van der Waals surface area (Å²) >= 11 is 0. The van der Waals surface area contributed by atoms with E-state index in [9.17, 15) is 9.59 Å². The van der Waals surface area contributed by atoms with Gasteiger partial charge < -0.3 is 14.7 Å². The van der Waals surface area contributed by atoms with E-state index in [4.69, 9.17) is 0 Å². The number of carbonyl (C=O) groups is 2. The smallest absolute Gasteiger partial charge is 0.268 e. The Hall–Kier alpha value is -2.10. The average molecular weight is 379 g/mol. The molecule has 1 aromatic carbocycles. The van der Waals surface area contributed by atoms with Gasteiger partial charge in [-0.05, 0) is 81.8 Å². The monoisotopic (exact) mass is 378 g/mol. The molecule has 148 valence electrons. The summed E-state index contributed by atoms with van der Waals surface area (Å²) < 4.78 is 2.12. The maximum absolute atomic E-state index is 13.4. The Balaban J connectivity index is 1.42. The van der Waals surface area contributed by atoms with Gasteiger partial charge in [0.25, 0.3) is 5.91 Å². The van der Waals surface area contributed by atoms with Crippen LogP contribution in [0.5, 0.6) is 0 Å². The number of hydrogen-bond donors (Lipinski definition) is 1. The van der Waals surface area contributed by atoms with Crippen LogP contribution in [0.2, 0.25) is 0 Å². The molecule has 0 atom stereocenters. The molecule has 4 fully saturated rings. The highest BCUT2D eigenvalue weighted by Gasteiger charge is 2.51. The zero-order chi connectivity index (χ0) is 19.3. The lowest BCUT2D eigenvalue weighted by molar-refractivity contribution is -0.117. The first kappa shape index (κ1) is 18.0. The Bertz CT molecular complexity index is 891. The molecule has 1 amide bonds. The van der Waals surface area contributed by atoms with Gasteiger partial charge in [0.05, 0.1) is 0 Å². The summed E-state index contributed by atoms with van der Waals surface area (Å²) in [6.45, 7) is 2.34. The first-order valence-corrected chi connectivity index (χ1v) is 10.9. The highest BCUT2D eigenvalue weighted by atomic mass is 16.2. The molecular formula is C24H30N2O2. The van der Waals surface area contributed by atoms with Gasteiger partial charge in [-0.3, -0.25) is 4.79 Å². The highest BCUT2D eigenvalue weighted by Crippen LogP contribution is 2.55. The van der Waals surface area contributed by atoms with Crippen LogP contribution in [0.3, 0.4) is 0 Å². The van der Waals surface area contributed by atoms with E-state index < -0.39 is 0 Å². The van der Waals surface area contributed by atoms with Crippen LogP contribution in [0.1, 0.15) is 68.8 Å². The minimum Gasteiger partial charge on any atom is -0.345 e. The number of amides is 1. The lowest BCUT2D eigenvalue weighted by Gasteiger charge is -2.56. The van der Waals surface area contributed by atoms with Crippen molar-refractivity contribution in [3.8, 4) is 0 Å². The second-order valence-electron chi connectivity index (χ2n) is 9.70. The largest absolute Gasteiger partial charge is 0.345 e. The number of fused-ring (bicyclic) bond motifs is 1. The van der Waals surface area contributed by atoms with E-state index in [-0.39, 0.29) is 17.2 Å². The Morgan fingerprint density at radius 2 is 1.71 bits per heavy atom. The van der Waals surface area contributed by atoms with E-state index in [0.29, 0.717) is 13.0 Å². The summed E-state index contributed by atoms with van der Waals surface area (Å²) in [6.07, 6.45) is 8.94. The maximum Gasteiger partial charge on any atom is 0.268 e. The van der Waals surface area contributed by atoms with Crippen LogP contribution in [0.4, 0.5) is 0 Å². The van der Waals surface area contributed by atoms with E-state index in [1.165, 1.54) is 19.3 Å². The summed E-state index contributed by atoms with van der Waals surface area (Å²) in [6, 6.07) is 10.2. The molecule has 0 radical (unpaired) electrons. The number of aromatic nitrogens is 1. The molecule has 4 aliphatic rings. The van der Waals surface area contributed by atoms with Gasteiger partial charge in [-0.2, -0.15) is 0 Å². The summed E-state index contributed by atoms with van der Waals surface area (Å²) in [4.78, 5) is 24.8. The minimum atomic E-state index is 0.0203. The highest BCUT2D eigenvalue weighted by molar-refractivity contribution is 5.99. The van der Waals surface area contributed by atoms with Crippen molar-refractivity contribution in [3.05, 3.63) is 36.0 Å². The van der Waals surface area contributed by atoms with E-state index in [1.54, 1.807) is 6.92 Å². The fourth-order valence-corrected chi connectivity index (χ4v) is 6.69. The van der Waals surface area contributed by atoms with Crippen LogP contribution in [0.25, 0.3) is 10.9 Å². The molecule has 2 aromatic rings. The van der Waals surface area contributed by atoms with Gasteiger partial charge in [0, 0.05) is 29.4 Å². The quantitative estimate of drug-likeness (QED) is 0.791. The summed E-state index contributed by atoms with van der Waals surface area (Å²) in [5, 5.41) is 4.61. The zero-order valence-corrected chi connectivity index (χ0v) is 16.7. The van der Waals surface area contributed by atoms with Gasteiger partial charge in [-0.25, -0.2) is 0 Å². The van der Waals surface area contributed by atoms with Gasteiger partial charge in [0.2, 0.25) is 0 Å². The number of aryl methyl sites for hydroxylation is 1. The Kier molecular flexibility index (Phi) is 4.33. The van der Waals surface area contributed by atoms with Crippen LogP contribution in [0.15, 0.2) is 30.3 Å². The standard InChI is InChI=1S/C24H30N2O2/c1-16(27)5-4-8-26-21-7-3-2-6-20(21)12-22(26)23(28)25-24-13-17-9-18(14-24)11-19(10-17)15-24/h2-3,6-7,12,17-19H,4-5,8-11,13-15H2,1H3,(H,25,28). The molecule has 4 heteroatoms. The minimum absolute atomic E-state index is 0.0203. The van der Waals surface area contributed by atoms with Crippen molar-refractivity contribution < 1.29 is 9.59 Å². The van der Waals surface area contributed by atoms with Crippen molar-refractivity contribution in [2.75, 3.05) is 0 Å². The van der Waals surface area contributed by atoms with Gasteiger partial charge in [0.15, 0.2) is 0 Å². The fraction of sp³-hybridized carbons (Fsp3) is 0.583. The first-order valence-electron chi connectivity index (χ1n) is 10.9. The Labute approximate surface area is 166 Å². The molecule has 1 N–H and O–H groups in total. The van der Waals surface area contributed by atoms with E-state index in [0.717, 1.165) is 60.0 Å². The Morgan fingerprint density at radius 1 is 1.07 bits per heavy atom. The van der Waals surface area contributed by atoms with Gasteiger partial charge >= 0.3 is 0 Å². The number of Topliss-reactive ketones (excluding diaryl/α,β-unsaturated/α-hetero) is 1. The van der Waals surface area contributed by atoms with Gasteiger partial charge in [0.1, 0.15) is 11.5 Å². The van der Waals surface area contributed by atoms with Crippen molar-refractivity contribution in [1.82, 2.24) is 9.88 Å². The number of rotatable bonds is 6. The zero-order valence-electron chi connectivity index (χ0n) is 16.7. The lowest BCUT2D eigenvalue weighted by Crippen LogP contribution is -2.60.